The summed E-state index contributed by atoms with van der Waals surface area (Å²) in [4.78, 5) is 0. The van der Waals surface area contributed by atoms with Gasteiger partial charge in [0.1, 0.15) is 215 Å². The Morgan fingerprint density at radius 2 is 0.304 bits per heavy atom. The number of benzene rings is 8. The first kappa shape index (κ1) is 50.0. The zero-order valence-electron chi connectivity index (χ0n) is 47.4. The van der Waals surface area contributed by atoms with E-state index in [-0.39, 0.29) is 0 Å². The van der Waals surface area contributed by atoms with Crippen molar-refractivity contribution in [1.82, 2.24) is 0 Å². The summed E-state index contributed by atoms with van der Waals surface area (Å²) in [7, 11) is 61.4. The van der Waals surface area contributed by atoms with Gasteiger partial charge in [0, 0.05) is 10.8 Å². The van der Waals surface area contributed by atoms with Gasteiger partial charge in [-0.1, -0.05) is 98.3 Å². The van der Waals surface area contributed by atoms with E-state index in [4.69, 9.17) is 4.42 Å². The van der Waals surface area contributed by atoms with Gasteiger partial charge in [-0.15, -0.1) is 43.7 Å². The molecule has 1 heterocycles. The van der Waals surface area contributed by atoms with E-state index in [1.54, 1.807) is 0 Å². The third kappa shape index (κ3) is 6.41. The second-order valence-corrected chi connectivity index (χ2v) is 22.3. The Bertz CT molecular complexity index is 3860. The molecule has 0 atom stereocenters. The van der Waals surface area contributed by atoms with Crippen molar-refractivity contribution in [2.45, 2.75) is 0 Å². The number of hydrogen-bond acceptors (Lipinski definition) is 1. The van der Waals surface area contributed by atoms with Gasteiger partial charge in [-0.2, -0.15) is 0 Å². The fraction of sp³-hybridized carbons (Fsp3) is 0. The van der Waals surface area contributed by atoms with E-state index in [0.717, 1.165) is 11.2 Å². The van der Waals surface area contributed by atoms with Crippen molar-refractivity contribution in [3.8, 4) is 33.4 Å². The topological polar surface area (TPSA) is 13.1 Å². The summed E-state index contributed by atoms with van der Waals surface area (Å²) >= 11 is 0. The zero-order valence-corrected chi connectivity index (χ0v) is 47.4. The van der Waals surface area contributed by atoms with Crippen LogP contribution in [0.2, 0.25) is 0 Å². The largest absolute Gasteiger partial charge is 0.457 e. The van der Waals surface area contributed by atoms with Gasteiger partial charge in [0.2, 0.25) is 0 Å². The van der Waals surface area contributed by atoms with Crippen LogP contribution in [0, 0.1) is 0 Å². The average Bonchev–Trinajstić information content (AvgIpc) is 3.73. The molecule has 1 aromatic heterocycles. The van der Waals surface area contributed by atoms with Gasteiger partial charge in [-0.25, -0.2) is 0 Å². The van der Waals surface area contributed by atoms with Crippen molar-refractivity contribution < 1.29 is 4.42 Å². The van der Waals surface area contributed by atoms with E-state index in [0.29, 0.717) is 0 Å². The molecule has 1 nitrogen and oxygen atoms in total. The monoisotopic (exact) mass is 859 g/mol. The number of fused-ring (bicyclic) bond motifs is 6. The van der Waals surface area contributed by atoms with E-state index in [9.17, 15) is 0 Å². The van der Waals surface area contributed by atoms with Crippen molar-refractivity contribution in [2.24, 2.45) is 0 Å². The van der Waals surface area contributed by atoms with Gasteiger partial charge in [0.05, 0.1) is 0 Å². The van der Waals surface area contributed by atoms with Crippen LogP contribution in [0.5, 0.6) is 0 Å². The molecule has 0 unspecified atom stereocenters. The standard InChI is InChI=1S/C42H52B26O/c43-15-7(22(50)23(51)10-9(15)24(52)25(53)11(16(10)44)12-26(54)34(62)37(65)35(63)27(12)55)1-3-5(20(48)32(60)30(58)18(3)46)2(6-4(1)19(47)31(59)33(61)21(6)49)8-17(45)13-14-29(57)36(64)38(66)40(68)42(14)69-41(13)39(67)28(8)56/h43-68H2. The molecule has 27 heteroatoms. The van der Waals surface area contributed by atoms with Crippen LogP contribution in [0.1, 0.15) is 0 Å². The maximum atomic E-state index is 7.05. The van der Waals surface area contributed by atoms with Gasteiger partial charge in [0.15, 0.2) is 0 Å². The van der Waals surface area contributed by atoms with Crippen LogP contribution in [0.4, 0.5) is 0 Å². The quantitative estimate of drug-likeness (QED) is 0.127. The Hall–Kier alpha value is -3.97. The van der Waals surface area contributed by atoms with Crippen molar-refractivity contribution in [3.63, 3.8) is 0 Å². The van der Waals surface area contributed by atoms with Crippen LogP contribution in [0.15, 0.2) is 4.42 Å². The predicted molar refractivity (Wildman–Crippen MR) is 395 cm³/mol. The smallest absolute Gasteiger partial charge is 0.143 e. The Labute approximate surface area is 435 Å². The Balaban J connectivity index is 1.56. The number of hydrogen-bond donors (Lipinski definition) is 0. The molecular weight excluding hydrogens is 802 g/mol. The third-order valence-corrected chi connectivity index (χ3v) is 19.8. The first-order valence-electron chi connectivity index (χ1n) is 25.7. The van der Waals surface area contributed by atoms with Gasteiger partial charge < -0.3 is 4.42 Å². The lowest BCUT2D eigenvalue weighted by molar-refractivity contribution is 0.675. The van der Waals surface area contributed by atoms with E-state index in [2.05, 4.69) is 204 Å². The van der Waals surface area contributed by atoms with Crippen LogP contribution >= 0.6 is 0 Å². The van der Waals surface area contributed by atoms with Crippen LogP contribution in [-0.2, 0) is 0 Å². The minimum Gasteiger partial charge on any atom is -0.457 e. The van der Waals surface area contributed by atoms with Crippen molar-refractivity contribution >= 4 is 400 Å². The van der Waals surface area contributed by atoms with Gasteiger partial charge in [-0.3, -0.25) is 0 Å². The molecular formula is C42H52B26O. The van der Waals surface area contributed by atoms with Crippen molar-refractivity contribution in [2.75, 3.05) is 0 Å². The molecule has 304 valence electrons. The molecule has 0 saturated heterocycles. The van der Waals surface area contributed by atoms with E-state index >= 15 is 0 Å². The molecule has 8 aromatic carbocycles. The summed E-state index contributed by atoms with van der Waals surface area (Å²) in [5, 5.41) is 11.0. The lowest BCUT2D eigenvalue weighted by atomic mass is 9.55. The summed E-state index contributed by atoms with van der Waals surface area (Å²) in [5.74, 6) is 0. The highest BCUT2D eigenvalue weighted by Gasteiger charge is 2.31. The Kier molecular flexibility index (Phi) is 12.2. The fourth-order valence-electron chi connectivity index (χ4n) is 13.9. The van der Waals surface area contributed by atoms with E-state index in [1.807, 2.05) is 0 Å². The molecule has 0 saturated carbocycles. The summed E-state index contributed by atoms with van der Waals surface area (Å²) in [6.07, 6.45) is 0. The molecule has 0 N–H and O–H groups in total. The van der Waals surface area contributed by atoms with Crippen molar-refractivity contribution in [3.05, 3.63) is 0 Å². The highest BCUT2D eigenvalue weighted by molar-refractivity contribution is 6.77. The highest BCUT2D eigenvalue weighted by Crippen LogP contribution is 2.40. The van der Waals surface area contributed by atoms with Crippen LogP contribution in [-0.4, -0.2) is 204 Å². The van der Waals surface area contributed by atoms with Crippen LogP contribution < -0.4 is 142 Å². The van der Waals surface area contributed by atoms with Gasteiger partial charge in [0.25, 0.3) is 0 Å². The van der Waals surface area contributed by atoms with Crippen molar-refractivity contribution in [1.29, 1.82) is 0 Å². The Morgan fingerprint density at radius 3 is 0.652 bits per heavy atom. The summed E-state index contributed by atoms with van der Waals surface area (Å²) in [5.41, 5.74) is 46.0. The maximum Gasteiger partial charge on any atom is 0.143 e. The predicted octanol–water partition coefficient (Wildman–Crippen LogP) is -33.2. The molecule has 9 rings (SSSR count). The number of rotatable bonds is 3. The first-order chi connectivity index (χ1) is 32.2. The molecule has 0 spiro atoms. The lowest BCUT2D eigenvalue weighted by Gasteiger charge is -2.32. The maximum absolute atomic E-state index is 7.05. The summed E-state index contributed by atoms with van der Waals surface area (Å²) in [6, 6.07) is 0. The molecule has 0 aliphatic heterocycles. The minimum atomic E-state index is 1.03. The number of furan rings is 1. The molecule has 0 aliphatic rings. The second-order valence-electron chi connectivity index (χ2n) is 22.3. The molecule has 9 aromatic rings. The van der Waals surface area contributed by atoms with Gasteiger partial charge >= 0.3 is 0 Å². The van der Waals surface area contributed by atoms with Gasteiger partial charge in [-0.05, 0) is 65.7 Å². The first-order valence-corrected chi connectivity index (χ1v) is 25.7. The third-order valence-electron chi connectivity index (χ3n) is 19.8. The second kappa shape index (κ2) is 16.8. The molecule has 0 fully saturated rings. The van der Waals surface area contributed by atoms with E-state index < -0.39 is 0 Å². The molecule has 0 amide bonds. The van der Waals surface area contributed by atoms with Crippen LogP contribution in [0.3, 0.4) is 0 Å². The summed E-state index contributed by atoms with van der Waals surface area (Å²) < 4.78 is 7.05. The van der Waals surface area contributed by atoms with Crippen LogP contribution in [0.25, 0.3) is 87.6 Å². The fourth-order valence-corrected chi connectivity index (χ4v) is 13.9. The normalized spacial score (nSPS) is 11.8. The average molecular weight is 854 g/mol. The van der Waals surface area contributed by atoms with E-state index in [1.165, 1.54) is 219 Å². The molecule has 0 bridgehead atoms. The minimum absolute atomic E-state index is 1.03. The SMILES string of the molecule is Bc1c(B)c(B)c(-c2c(B)c(B)c3c(B)c(-c4c5c(B)c(B)c(B)c(B)c5c(-c5c(B)c(B)c6oc7c(B)c(B)c(B)c(B)c7c6c5B)c5c(B)c(B)c(B)c(B)c45)c(B)c(B)c3c2B)c(B)c1B. The molecule has 0 radical (unpaired) electrons. The molecule has 69 heavy (non-hydrogen) atoms. The highest BCUT2D eigenvalue weighted by atomic mass is 16.3. The molecule has 0 aliphatic carbocycles. The lowest BCUT2D eigenvalue weighted by Crippen LogP contribution is -2.56. The zero-order chi connectivity index (χ0) is 51.0. The Morgan fingerprint density at radius 1 is 0.130 bits per heavy atom. The summed E-state index contributed by atoms with van der Waals surface area (Å²) in [6.45, 7) is 0.